The van der Waals surface area contributed by atoms with Crippen molar-refractivity contribution in [3.63, 3.8) is 0 Å². The summed E-state index contributed by atoms with van der Waals surface area (Å²) in [5, 5.41) is 34.6. The Kier molecular flexibility index (Phi) is 21.2. The Morgan fingerprint density at radius 3 is 0.938 bits per heavy atom. The van der Waals surface area contributed by atoms with Gasteiger partial charge in [-0.2, -0.15) is 0 Å². The molecule has 0 aliphatic carbocycles. The van der Waals surface area contributed by atoms with Crippen molar-refractivity contribution in [1.82, 2.24) is 0 Å². The lowest BCUT2D eigenvalue weighted by atomic mass is 9.95. The molecule has 0 unspecified atom stereocenters. The minimum atomic E-state index is 0.857. The summed E-state index contributed by atoms with van der Waals surface area (Å²) in [7, 11) is 0. The van der Waals surface area contributed by atoms with Crippen molar-refractivity contribution in [2.24, 2.45) is 0 Å². The molecule has 0 spiro atoms. The van der Waals surface area contributed by atoms with E-state index in [2.05, 4.69) is 549 Å². The first-order valence-corrected chi connectivity index (χ1v) is 49.7. The number of furan rings is 2. The van der Waals surface area contributed by atoms with Crippen LogP contribution >= 0.6 is 0 Å². The van der Waals surface area contributed by atoms with Gasteiger partial charge in [0.05, 0.1) is 17.1 Å². The molecule has 678 valence electrons. The molecule has 0 N–H and O–H groups in total. The van der Waals surface area contributed by atoms with Gasteiger partial charge in [0, 0.05) is 83.0 Å². The van der Waals surface area contributed by atoms with Gasteiger partial charge in [0.15, 0.2) is 0 Å². The molecular weight excluding hydrogens is 1760 g/mol. The van der Waals surface area contributed by atoms with Crippen molar-refractivity contribution >= 4 is 213 Å². The lowest BCUT2D eigenvalue weighted by Gasteiger charge is -2.28. The van der Waals surface area contributed by atoms with Crippen LogP contribution in [0.1, 0.15) is 0 Å². The van der Waals surface area contributed by atoms with Crippen molar-refractivity contribution in [1.29, 1.82) is 0 Å². The van der Waals surface area contributed by atoms with Crippen molar-refractivity contribution in [2.45, 2.75) is 0 Å². The minimum absolute atomic E-state index is 0.857. The molecule has 29 rings (SSSR count). The van der Waals surface area contributed by atoms with E-state index in [4.69, 9.17) is 8.83 Å². The highest BCUT2D eigenvalue weighted by atomic mass is 16.3. The van der Waals surface area contributed by atoms with Crippen molar-refractivity contribution in [3.05, 3.63) is 552 Å². The van der Waals surface area contributed by atoms with Gasteiger partial charge in [-0.25, -0.2) is 0 Å². The number of hydrogen-bond donors (Lipinski definition) is 0. The molecule has 0 saturated carbocycles. The molecule has 0 radical (unpaired) electrons. The zero-order valence-corrected chi connectivity index (χ0v) is 79.2. The molecule has 29 aromatic rings. The summed E-state index contributed by atoms with van der Waals surface area (Å²) in [6.07, 6.45) is 0. The van der Waals surface area contributed by atoms with Gasteiger partial charge in [-0.3, -0.25) is 0 Å². The second-order valence-corrected chi connectivity index (χ2v) is 37.6. The van der Waals surface area contributed by atoms with Crippen molar-refractivity contribution in [3.8, 4) is 56.0 Å². The van der Waals surface area contributed by atoms with Gasteiger partial charge in [-0.1, -0.05) is 443 Å². The summed E-state index contributed by atoms with van der Waals surface area (Å²) in [6, 6.07) is 199. The SMILES string of the molecule is c1ccc(-c2cc(-c3ccccc3)cc(N(c3cccc(-c4oc(-c5ccccc5)c5ccccc45)c3)c3cccc4c3ccc3c5ccccc5ccc43)c2)cc1.c1ccc(N(c2cccc(-c3cccc4oc5ccccc5c34)c2)c2cccc3c2ccc2c4ccccc4ccc32)cc1.c1ccc2cc(N(c3ccc4c(ccc5ccccc54)c3)c3cccc4c3ccc3c5ccccc5ccc43)ccc2c1. The summed E-state index contributed by atoms with van der Waals surface area (Å²) in [4.78, 5) is 7.24. The number of rotatable bonds is 14. The number of nitrogens with zero attached hydrogens (tertiary/aromatic N) is 3. The second-order valence-electron chi connectivity index (χ2n) is 37.6. The maximum atomic E-state index is 6.87. The van der Waals surface area contributed by atoms with E-state index in [9.17, 15) is 0 Å². The van der Waals surface area contributed by atoms with Gasteiger partial charge in [0.2, 0.25) is 0 Å². The van der Waals surface area contributed by atoms with E-state index in [1.54, 1.807) is 0 Å². The average Bonchev–Trinajstić information content (AvgIpc) is 1.30. The standard InChI is InChI=1S/C56H37NO.C42H27NO.C42H27N/c1-4-16-38(17-5-1)43-34-44(39-18-6-2-7-19-39)37-46(36-43)57(54-29-15-28-48-50-31-30-40-20-10-11-25-47(40)49(50)32-33-51(48)54)45-24-14-23-42(35-45)56-53-27-13-12-26-52(53)55(58-56)41-21-8-3-9-22-41;1-2-13-30(14-3-1)43(39-20-9-19-34-36-24-23-28-11-4-5-16-32(28)35(36)25-26-37(34)39)31-15-8-12-29(27-31)33-18-10-22-41-42(33)38-17-6-7-21-40(38)44-41;1-2-11-31-26-33(20-18-28(31)8-1)43(34-21-23-37-32(27-34)17-16-29-9-3-5-12-35(29)37)42-15-7-14-38-40-22-19-30-10-4-6-13-36(30)39(40)24-25-41(38)42/h1-37H;1-27H;1-27H. The van der Waals surface area contributed by atoms with Crippen molar-refractivity contribution in [2.75, 3.05) is 14.7 Å². The summed E-state index contributed by atoms with van der Waals surface area (Å²) < 4.78 is 13.1. The quantitative estimate of drug-likeness (QED) is 0.101. The molecule has 5 heteroatoms. The molecule has 0 aliphatic rings. The Balaban J connectivity index is 0.000000110. The fourth-order valence-electron chi connectivity index (χ4n) is 22.5. The molecule has 0 bridgehead atoms. The van der Waals surface area contributed by atoms with Gasteiger partial charge in [0.25, 0.3) is 0 Å². The highest BCUT2D eigenvalue weighted by Crippen LogP contribution is 2.51. The van der Waals surface area contributed by atoms with E-state index in [1.165, 1.54) is 146 Å². The maximum Gasteiger partial charge on any atom is 0.142 e. The van der Waals surface area contributed by atoms with E-state index in [-0.39, 0.29) is 0 Å². The van der Waals surface area contributed by atoms with Crippen LogP contribution in [0.3, 0.4) is 0 Å². The smallest absolute Gasteiger partial charge is 0.142 e. The van der Waals surface area contributed by atoms with E-state index >= 15 is 0 Å². The third-order valence-electron chi connectivity index (χ3n) is 29.2. The molecule has 0 atom stereocenters. The van der Waals surface area contributed by atoms with Crippen LogP contribution in [0.25, 0.3) is 218 Å². The average molecular weight is 1850 g/mol. The normalized spacial score (nSPS) is 11.6. The zero-order valence-electron chi connectivity index (χ0n) is 79.2. The van der Waals surface area contributed by atoms with Gasteiger partial charge in [0.1, 0.15) is 22.7 Å². The molecule has 2 heterocycles. The number of benzene rings is 27. The molecule has 0 amide bonds. The van der Waals surface area contributed by atoms with Gasteiger partial charge < -0.3 is 23.5 Å². The molecule has 0 saturated heterocycles. The summed E-state index contributed by atoms with van der Waals surface area (Å²) in [6.45, 7) is 0. The largest absolute Gasteiger partial charge is 0.456 e. The van der Waals surface area contributed by atoms with Gasteiger partial charge >= 0.3 is 0 Å². The first-order chi connectivity index (χ1) is 71.9. The molecule has 27 aromatic carbocycles. The fraction of sp³-hybridized carbons (Fsp3) is 0. The minimum Gasteiger partial charge on any atom is -0.456 e. The highest BCUT2D eigenvalue weighted by molar-refractivity contribution is 6.24. The lowest BCUT2D eigenvalue weighted by Crippen LogP contribution is -2.11. The summed E-state index contributed by atoms with van der Waals surface area (Å²) >= 11 is 0. The third kappa shape index (κ3) is 15.3. The maximum absolute atomic E-state index is 6.87. The first-order valence-electron chi connectivity index (χ1n) is 49.7. The zero-order chi connectivity index (χ0) is 95.8. The molecule has 0 fully saturated rings. The topological polar surface area (TPSA) is 36.0 Å². The van der Waals surface area contributed by atoms with E-state index in [0.717, 1.165) is 123 Å². The Morgan fingerprint density at radius 2 is 0.414 bits per heavy atom. The predicted molar refractivity (Wildman–Crippen MR) is 618 cm³/mol. The fourth-order valence-corrected chi connectivity index (χ4v) is 22.5. The van der Waals surface area contributed by atoms with E-state index < -0.39 is 0 Å². The number of hydrogen-bond acceptors (Lipinski definition) is 5. The molecule has 2 aromatic heterocycles. The van der Waals surface area contributed by atoms with Crippen LogP contribution in [0, 0.1) is 0 Å². The highest BCUT2D eigenvalue weighted by Gasteiger charge is 2.26. The van der Waals surface area contributed by atoms with Crippen LogP contribution in [0.4, 0.5) is 51.2 Å². The van der Waals surface area contributed by atoms with Crippen LogP contribution in [0.15, 0.2) is 561 Å². The Morgan fingerprint density at radius 1 is 0.124 bits per heavy atom. The monoisotopic (exact) mass is 1850 g/mol. The molecule has 5 nitrogen and oxygen atoms in total. The predicted octanol–water partition coefficient (Wildman–Crippen LogP) is 40.3. The van der Waals surface area contributed by atoms with E-state index in [0.29, 0.717) is 0 Å². The van der Waals surface area contributed by atoms with E-state index in [1.807, 2.05) is 18.2 Å². The van der Waals surface area contributed by atoms with Gasteiger partial charge in [-0.05, 0) is 256 Å². The van der Waals surface area contributed by atoms with Crippen LogP contribution in [0.5, 0.6) is 0 Å². The number of para-hydroxylation sites is 2. The van der Waals surface area contributed by atoms with Crippen LogP contribution in [-0.4, -0.2) is 0 Å². The van der Waals surface area contributed by atoms with Gasteiger partial charge in [-0.15, -0.1) is 0 Å². The first kappa shape index (κ1) is 85.0. The Bertz CT molecular complexity index is 10100. The molecular formula is C140H91N3O2. The Labute approximate surface area is 838 Å². The van der Waals surface area contributed by atoms with Crippen LogP contribution < -0.4 is 14.7 Å². The lowest BCUT2D eigenvalue weighted by molar-refractivity contribution is 0.602. The number of anilines is 9. The van der Waals surface area contributed by atoms with Crippen LogP contribution in [-0.2, 0) is 0 Å². The van der Waals surface area contributed by atoms with Crippen molar-refractivity contribution < 1.29 is 8.83 Å². The second kappa shape index (κ2) is 36.2. The van der Waals surface area contributed by atoms with Crippen LogP contribution in [0.2, 0.25) is 0 Å². The summed E-state index contributed by atoms with van der Waals surface area (Å²) in [5.41, 5.74) is 20.9. The molecule has 145 heavy (non-hydrogen) atoms. The molecule has 0 aliphatic heterocycles. The number of fused-ring (bicyclic) bond motifs is 23. The third-order valence-corrected chi connectivity index (χ3v) is 29.2. The Hall–Kier alpha value is -19.2. The summed E-state index contributed by atoms with van der Waals surface area (Å²) in [5.74, 6) is 1.74.